The van der Waals surface area contributed by atoms with E-state index in [0.29, 0.717) is 0 Å². The van der Waals surface area contributed by atoms with Crippen LogP contribution in [-0.2, 0) is 0 Å². The average molecular weight is 282 g/mol. The topological polar surface area (TPSA) is 32.7 Å². The monoisotopic (exact) mass is 282 g/mol. The molecule has 0 aliphatic carbocycles. The highest BCUT2D eigenvalue weighted by atomic mass is 32.2. The van der Waals surface area contributed by atoms with Crippen LogP contribution in [0.1, 0.15) is 15.9 Å². The van der Waals surface area contributed by atoms with Crippen molar-refractivity contribution in [3.8, 4) is 0 Å². The maximum atomic E-state index is 12.5. The molecule has 0 radical (unpaired) electrons. The SMILES string of the molecule is CN1N=C(c2ccccc2)SC1C(=O)c1ccccc1. The first-order valence-corrected chi connectivity index (χ1v) is 7.26. The lowest BCUT2D eigenvalue weighted by molar-refractivity contribution is 0.0930. The highest BCUT2D eigenvalue weighted by Gasteiger charge is 2.32. The van der Waals surface area contributed by atoms with E-state index in [9.17, 15) is 4.79 Å². The molecule has 3 nitrogen and oxygen atoms in total. The molecular weight excluding hydrogens is 268 g/mol. The zero-order valence-electron chi connectivity index (χ0n) is 11.1. The highest BCUT2D eigenvalue weighted by Crippen LogP contribution is 2.30. The zero-order chi connectivity index (χ0) is 13.9. The smallest absolute Gasteiger partial charge is 0.197 e. The van der Waals surface area contributed by atoms with Crippen molar-refractivity contribution in [3.05, 3.63) is 71.8 Å². The predicted octanol–water partition coefficient (Wildman–Crippen LogP) is 3.24. The van der Waals surface area contributed by atoms with E-state index in [1.165, 1.54) is 11.8 Å². The maximum absolute atomic E-state index is 12.5. The molecule has 2 aromatic carbocycles. The van der Waals surface area contributed by atoms with E-state index in [1.54, 1.807) is 5.01 Å². The van der Waals surface area contributed by atoms with Crippen LogP contribution < -0.4 is 0 Å². The number of Topliss-reactive ketones (excluding diaryl/α,β-unsaturated/α-hetero) is 1. The molecule has 0 bridgehead atoms. The molecule has 20 heavy (non-hydrogen) atoms. The van der Waals surface area contributed by atoms with Crippen molar-refractivity contribution in [1.82, 2.24) is 5.01 Å². The Labute approximate surface area is 122 Å². The van der Waals surface area contributed by atoms with Gasteiger partial charge >= 0.3 is 0 Å². The summed E-state index contributed by atoms with van der Waals surface area (Å²) < 4.78 is 0. The number of benzene rings is 2. The van der Waals surface area contributed by atoms with E-state index >= 15 is 0 Å². The van der Waals surface area contributed by atoms with Gasteiger partial charge in [-0.1, -0.05) is 72.4 Å². The van der Waals surface area contributed by atoms with Gasteiger partial charge in [0, 0.05) is 18.2 Å². The number of hydrogen-bond acceptors (Lipinski definition) is 4. The van der Waals surface area contributed by atoms with Gasteiger partial charge in [-0.2, -0.15) is 5.10 Å². The molecule has 0 aromatic heterocycles. The average Bonchev–Trinajstić information content (AvgIpc) is 2.90. The number of thioether (sulfide) groups is 1. The van der Waals surface area contributed by atoms with Crippen LogP contribution in [0.3, 0.4) is 0 Å². The second-order valence-electron chi connectivity index (χ2n) is 4.55. The fourth-order valence-electron chi connectivity index (χ4n) is 2.08. The van der Waals surface area contributed by atoms with Crippen LogP contribution in [-0.4, -0.2) is 28.3 Å². The van der Waals surface area contributed by atoms with Gasteiger partial charge in [0.05, 0.1) is 0 Å². The summed E-state index contributed by atoms with van der Waals surface area (Å²) in [7, 11) is 1.84. The first-order chi connectivity index (χ1) is 9.75. The van der Waals surface area contributed by atoms with Gasteiger partial charge in [0.1, 0.15) is 5.04 Å². The molecule has 0 amide bonds. The Hall–Kier alpha value is -2.07. The number of rotatable bonds is 3. The summed E-state index contributed by atoms with van der Waals surface area (Å²) in [6, 6.07) is 19.3. The minimum Gasteiger partial charge on any atom is -0.291 e. The normalized spacial score (nSPS) is 17.9. The summed E-state index contributed by atoms with van der Waals surface area (Å²) in [5, 5.41) is 6.82. The molecule has 1 aliphatic rings. The number of hydrazone groups is 1. The Bertz CT molecular complexity index is 640. The maximum Gasteiger partial charge on any atom is 0.197 e. The predicted molar refractivity (Wildman–Crippen MR) is 82.9 cm³/mol. The molecule has 100 valence electrons. The highest BCUT2D eigenvalue weighted by molar-refractivity contribution is 8.15. The van der Waals surface area contributed by atoms with Crippen molar-refractivity contribution >= 4 is 22.6 Å². The summed E-state index contributed by atoms with van der Waals surface area (Å²) in [6.45, 7) is 0. The fourth-order valence-corrected chi connectivity index (χ4v) is 3.18. The molecule has 0 spiro atoms. The summed E-state index contributed by atoms with van der Waals surface area (Å²) >= 11 is 1.50. The van der Waals surface area contributed by atoms with E-state index in [1.807, 2.05) is 67.7 Å². The summed E-state index contributed by atoms with van der Waals surface area (Å²) in [6.07, 6.45) is 0. The van der Waals surface area contributed by atoms with E-state index in [4.69, 9.17) is 0 Å². The summed E-state index contributed by atoms with van der Waals surface area (Å²) in [4.78, 5) is 12.5. The second-order valence-corrected chi connectivity index (χ2v) is 5.61. The Morgan fingerprint density at radius 1 is 1.05 bits per heavy atom. The third-order valence-corrected chi connectivity index (χ3v) is 4.40. The van der Waals surface area contributed by atoms with E-state index in [0.717, 1.165) is 16.2 Å². The van der Waals surface area contributed by atoms with Gasteiger partial charge in [0.2, 0.25) is 0 Å². The zero-order valence-corrected chi connectivity index (χ0v) is 11.9. The van der Waals surface area contributed by atoms with Gasteiger partial charge in [0.15, 0.2) is 11.2 Å². The summed E-state index contributed by atoms with van der Waals surface area (Å²) in [5.41, 5.74) is 1.77. The first kappa shape index (κ1) is 12.9. The molecule has 0 saturated carbocycles. The van der Waals surface area contributed by atoms with Crippen molar-refractivity contribution in [2.75, 3.05) is 7.05 Å². The van der Waals surface area contributed by atoms with Gasteiger partial charge in [-0.15, -0.1) is 0 Å². The van der Waals surface area contributed by atoms with E-state index in [2.05, 4.69) is 5.10 Å². The standard InChI is InChI=1S/C16H14N2OS/c1-18-16(14(19)12-8-4-2-5-9-12)20-15(17-18)13-10-6-3-7-11-13/h2-11,16H,1H3. The van der Waals surface area contributed by atoms with Crippen molar-refractivity contribution in [3.63, 3.8) is 0 Å². The lowest BCUT2D eigenvalue weighted by atomic mass is 10.1. The Kier molecular flexibility index (Phi) is 3.56. The number of hydrogen-bond donors (Lipinski definition) is 0. The lowest BCUT2D eigenvalue weighted by Crippen LogP contribution is -2.28. The molecule has 1 heterocycles. The van der Waals surface area contributed by atoms with Crippen LogP contribution in [0.4, 0.5) is 0 Å². The van der Waals surface area contributed by atoms with Crippen LogP contribution in [0.5, 0.6) is 0 Å². The Morgan fingerprint density at radius 3 is 2.30 bits per heavy atom. The summed E-state index contributed by atoms with van der Waals surface area (Å²) in [5.74, 6) is 0.0905. The molecule has 0 fully saturated rings. The molecule has 0 saturated heterocycles. The van der Waals surface area contributed by atoms with Crippen molar-refractivity contribution in [2.45, 2.75) is 5.37 Å². The van der Waals surface area contributed by atoms with E-state index < -0.39 is 0 Å². The van der Waals surface area contributed by atoms with Crippen LogP contribution in [0.15, 0.2) is 65.8 Å². The van der Waals surface area contributed by atoms with Crippen LogP contribution >= 0.6 is 11.8 Å². The van der Waals surface area contributed by atoms with Gasteiger partial charge in [0.25, 0.3) is 0 Å². The van der Waals surface area contributed by atoms with Crippen LogP contribution in [0, 0.1) is 0 Å². The molecular formula is C16H14N2OS. The number of likely N-dealkylation sites (N-methyl/N-ethyl adjacent to an activating group) is 1. The van der Waals surface area contributed by atoms with E-state index in [-0.39, 0.29) is 11.2 Å². The molecule has 1 atom stereocenters. The van der Waals surface area contributed by atoms with Gasteiger partial charge in [-0.3, -0.25) is 9.80 Å². The Morgan fingerprint density at radius 2 is 1.65 bits per heavy atom. The van der Waals surface area contributed by atoms with Gasteiger partial charge in [-0.25, -0.2) is 0 Å². The number of ketones is 1. The molecule has 3 rings (SSSR count). The Balaban J connectivity index is 1.81. The third kappa shape index (κ3) is 2.47. The quantitative estimate of drug-likeness (QED) is 0.810. The molecule has 4 heteroatoms. The largest absolute Gasteiger partial charge is 0.291 e. The van der Waals surface area contributed by atoms with Crippen molar-refractivity contribution in [2.24, 2.45) is 5.10 Å². The molecule has 0 N–H and O–H groups in total. The number of nitrogens with zero attached hydrogens (tertiary/aromatic N) is 2. The van der Waals surface area contributed by atoms with Crippen molar-refractivity contribution < 1.29 is 4.79 Å². The van der Waals surface area contributed by atoms with Crippen molar-refractivity contribution in [1.29, 1.82) is 0 Å². The van der Waals surface area contributed by atoms with Gasteiger partial charge in [-0.05, 0) is 0 Å². The minimum absolute atomic E-state index is 0.0905. The third-order valence-electron chi connectivity index (χ3n) is 3.11. The van der Waals surface area contributed by atoms with Crippen LogP contribution in [0.25, 0.3) is 0 Å². The minimum atomic E-state index is -0.285. The molecule has 2 aromatic rings. The number of carbonyl (C=O) groups excluding carboxylic acids is 1. The lowest BCUT2D eigenvalue weighted by Gasteiger charge is -2.16. The van der Waals surface area contributed by atoms with Crippen LogP contribution in [0.2, 0.25) is 0 Å². The van der Waals surface area contributed by atoms with Gasteiger partial charge < -0.3 is 0 Å². The number of carbonyl (C=O) groups is 1. The fraction of sp³-hybridized carbons (Fsp3) is 0.125. The second kappa shape index (κ2) is 5.51. The molecule has 1 aliphatic heterocycles. The first-order valence-electron chi connectivity index (χ1n) is 6.38. The molecule has 1 unspecified atom stereocenters.